The van der Waals surface area contributed by atoms with Crippen molar-refractivity contribution in [2.45, 2.75) is 26.4 Å². The standard InChI is InChI=1S/C13H20N4O3S/c1-9(12(19)20)17-5-3-16(4-6-17)7-11-8-21-13(15-11)14-10(2)18/h8-9H,3-7H2,1-2H3,(H,19,20)(H,14,15,18). The topological polar surface area (TPSA) is 85.8 Å². The molecule has 8 heteroatoms. The number of nitrogens with zero attached hydrogens (tertiary/aromatic N) is 3. The number of carbonyl (C=O) groups excluding carboxylic acids is 1. The maximum absolute atomic E-state index is 11.0. The third-order valence-electron chi connectivity index (χ3n) is 3.53. The summed E-state index contributed by atoms with van der Waals surface area (Å²) in [7, 11) is 0. The lowest BCUT2D eigenvalue weighted by molar-refractivity contribution is -0.143. The Morgan fingerprint density at radius 3 is 2.67 bits per heavy atom. The van der Waals surface area contributed by atoms with Crippen LogP contribution in [0.5, 0.6) is 0 Å². The van der Waals surface area contributed by atoms with Crippen molar-refractivity contribution in [3.05, 3.63) is 11.1 Å². The quantitative estimate of drug-likeness (QED) is 0.832. The van der Waals surface area contributed by atoms with Crippen molar-refractivity contribution in [3.8, 4) is 0 Å². The van der Waals surface area contributed by atoms with Crippen molar-refractivity contribution in [1.82, 2.24) is 14.8 Å². The molecule has 1 saturated heterocycles. The van der Waals surface area contributed by atoms with Crippen molar-refractivity contribution in [1.29, 1.82) is 0 Å². The zero-order valence-corrected chi connectivity index (χ0v) is 13.0. The predicted octanol–water partition coefficient (Wildman–Crippen LogP) is 0.692. The number of anilines is 1. The Morgan fingerprint density at radius 2 is 2.10 bits per heavy atom. The molecular weight excluding hydrogens is 292 g/mol. The van der Waals surface area contributed by atoms with Gasteiger partial charge in [-0.15, -0.1) is 11.3 Å². The lowest BCUT2D eigenvalue weighted by Crippen LogP contribution is -2.51. The van der Waals surface area contributed by atoms with E-state index in [-0.39, 0.29) is 5.91 Å². The molecule has 1 unspecified atom stereocenters. The van der Waals surface area contributed by atoms with Crippen molar-refractivity contribution in [2.75, 3.05) is 31.5 Å². The fourth-order valence-electron chi connectivity index (χ4n) is 2.28. The lowest BCUT2D eigenvalue weighted by Gasteiger charge is -2.36. The normalized spacial score (nSPS) is 18.4. The Labute approximate surface area is 127 Å². The van der Waals surface area contributed by atoms with Gasteiger partial charge in [0.15, 0.2) is 5.13 Å². The molecule has 0 aromatic carbocycles. The molecule has 7 nitrogen and oxygen atoms in total. The number of amides is 1. The van der Waals surface area contributed by atoms with Crippen LogP contribution in [0.15, 0.2) is 5.38 Å². The fourth-order valence-corrected chi connectivity index (χ4v) is 3.03. The zero-order chi connectivity index (χ0) is 15.4. The minimum Gasteiger partial charge on any atom is -0.480 e. The van der Waals surface area contributed by atoms with Gasteiger partial charge in [0.1, 0.15) is 6.04 Å². The van der Waals surface area contributed by atoms with Crippen LogP contribution in [0.3, 0.4) is 0 Å². The number of nitrogens with one attached hydrogen (secondary N) is 1. The molecule has 1 amide bonds. The summed E-state index contributed by atoms with van der Waals surface area (Å²) in [6.45, 7) is 7.05. The number of aliphatic carboxylic acids is 1. The van der Waals surface area contributed by atoms with Crippen LogP contribution in [0.1, 0.15) is 19.5 Å². The predicted molar refractivity (Wildman–Crippen MR) is 80.4 cm³/mol. The molecule has 1 fully saturated rings. The van der Waals surface area contributed by atoms with E-state index in [2.05, 4.69) is 15.2 Å². The monoisotopic (exact) mass is 312 g/mol. The van der Waals surface area contributed by atoms with E-state index in [4.69, 9.17) is 5.11 Å². The number of hydrogen-bond donors (Lipinski definition) is 2. The van der Waals surface area contributed by atoms with Crippen LogP contribution in [0.2, 0.25) is 0 Å². The number of carbonyl (C=O) groups is 2. The molecule has 116 valence electrons. The van der Waals surface area contributed by atoms with Crippen molar-refractivity contribution < 1.29 is 14.7 Å². The summed E-state index contributed by atoms with van der Waals surface area (Å²) < 4.78 is 0. The van der Waals surface area contributed by atoms with E-state index < -0.39 is 12.0 Å². The van der Waals surface area contributed by atoms with Gasteiger partial charge < -0.3 is 10.4 Å². The molecular formula is C13H20N4O3S. The SMILES string of the molecule is CC(=O)Nc1nc(CN2CCN(C(C)C(=O)O)CC2)cs1. The smallest absolute Gasteiger partial charge is 0.320 e. The number of aromatic nitrogens is 1. The minimum absolute atomic E-state index is 0.118. The second kappa shape index (κ2) is 6.97. The number of thiazole rings is 1. The summed E-state index contributed by atoms with van der Waals surface area (Å²) >= 11 is 1.42. The molecule has 1 aromatic heterocycles. The highest BCUT2D eigenvalue weighted by Gasteiger charge is 2.25. The Morgan fingerprint density at radius 1 is 1.43 bits per heavy atom. The van der Waals surface area contributed by atoms with E-state index in [1.54, 1.807) is 6.92 Å². The highest BCUT2D eigenvalue weighted by atomic mass is 32.1. The third kappa shape index (κ3) is 4.48. The molecule has 0 saturated carbocycles. The molecule has 1 aromatic rings. The maximum atomic E-state index is 11.0. The highest BCUT2D eigenvalue weighted by molar-refractivity contribution is 7.13. The first-order chi connectivity index (χ1) is 9.95. The molecule has 2 heterocycles. The number of carboxylic acids is 1. The average Bonchev–Trinajstić information content (AvgIpc) is 2.85. The molecule has 0 aliphatic carbocycles. The van der Waals surface area contributed by atoms with Crippen LogP contribution in [0.25, 0.3) is 0 Å². The molecule has 1 aliphatic heterocycles. The number of carboxylic acid groups (broad SMARTS) is 1. The zero-order valence-electron chi connectivity index (χ0n) is 12.2. The molecule has 1 atom stereocenters. The van der Waals surface area contributed by atoms with Gasteiger partial charge in [0, 0.05) is 45.0 Å². The van der Waals surface area contributed by atoms with E-state index in [0.717, 1.165) is 38.4 Å². The van der Waals surface area contributed by atoms with Gasteiger partial charge in [-0.2, -0.15) is 0 Å². The summed E-state index contributed by atoms with van der Waals surface area (Å²) in [6, 6.07) is -0.433. The van der Waals surface area contributed by atoms with Crippen LogP contribution in [0, 0.1) is 0 Å². The third-order valence-corrected chi connectivity index (χ3v) is 4.34. The Balaban J connectivity index is 1.82. The first kappa shape index (κ1) is 15.9. The second-order valence-corrected chi connectivity index (χ2v) is 6.01. The first-order valence-electron chi connectivity index (χ1n) is 6.87. The molecule has 21 heavy (non-hydrogen) atoms. The number of rotatable bonds is 5. The van der Waals surface area contributed by atoms with Gasteiger partial charge in [-0.1, -0.05) is 0 Å². The van der Waals surface area contributed by atoms with Gasteiger partial charge in [-0.25, -0.2) is 4.98 Å². The number of hydrogen-bond acceptors (Lipinski definition) is 6. The molecule has 1 aliphatic rings. The van der Waals surface area contributed by atoms with Gasteiger partial charge in [-0.3, -0.25) is 19.4 Å². The van der Waals surface area contributed by atoms with Gasteiger partial charge >= 0.3 is 5.97 Å². The van der Waals surface area contributed by atoms with Gasteiger partial charge in [0.25, 0.3) is 0 Å². The molecule has 2 N–H and O–H groups in total. The summed E-state index contributed by atoms with van der Waals surface area (Å²) in [5, 5.41) is 14.2. The van der Waals surface area contributed by atoms with E-state index in [9.17, 15) is 9.59 Å². The van der Waals surface area contributed by atoms with Gasteiger partial charge in [0.05, 0.1) is 5.69 Å². The van der Waals surface area contributed by atoms with E-state index in [1.807, 2.05) is 10.3 Å². The summed E-state index contributed by atoms with van der Waals surface area (Å²) in [4.78, 5) is 30.5. The van der Waals surface area contributed by atoms with Crippen LogP contribution >= 0.6 is 11.3 Å². The maximum Gasteiger partial charge on any atom is 0.320 e. The minimum atomic E-state index is -0.775. The molecule has 0 spiro atoms. The van der Waals surface area contributed by atoms with Gasteiger partial charge in [-0.05, 0) is 6.92 Å². The summed E-state index contributed by atoms with van der Waals surface area (Å²) in [5.74, 6) is -0.893. The van der Waals surface area contributed by atoms with Crippen molar-refractivity contribution >= 4 is 28.3 Å². The van der Waals surface area contributed by atoms with E-state index in [1.165, 1.54) is 18.3 Å². The Kier molecular flexibility index (Phi) is 5.27. The molecule has 2 rings (SSSR count). The molecule has 0 radical (unpaired) electrons. The van der Waals surface area contributed by atoms with E-state index in [0.29, 0.717) is 5.13 Å². The van der Waals surface area contributed by atoms with Crippen LogP contribution in [0.4, 0.5) is 5.13 Å². The van der Waals surface area contributed by atoms with Crippen LogP contribution in [-0.2, 0) is 16.1 Å². The molecule has 0 bridgehead atoms. The fraction of sp³-hybridized carbons (Fsp3) is 0.615. The second-order valence-electron chi connectivity index (χ2n) is 5.15. The Bertz CT molecular complexity index is 511. The first-order valence-corrected chi connectivity index (χ1v) is 7.75. The Hall–Kier alpha value is -1.51. The summed E-state index contributed by atoms with van der Waals surface area (Å²) in [5.41, 5.74) is 0.934. The highest BCUT2D eigenvalue weighted by Crippen LogP contribution is 2.17. The largest absolute Gasteiger partial charge is 0.480 e. The number of piperazine rings is 1. The summed E-state index contributed by atoms with van der Waals surface area (Å²) in [6.07, 6.45) is 0. The van der Waals surface area contributed by atoms with Gasteiger partial charge in [0.2, 0.25) is 5.91 Å². The van der Waals surface area contributed by atoms with Crippen molar-refractivity contribution in [2.24, 2.45) is 0 Å². The van der Waals surface area contributed by atoms with E-state index >= 15 is 0 Å². The van der Waals surface area contributed by atoms with Crippen molar-refractivity contribution in [3.63, 3.8) is 0 Å². The lowest BCUT2D eigenvalue weighted by atomic mass is 10.2. The van der Waals surface area contributed by atoms with Crippen LogP contribution < -0.4 is 5.32 Å². The average molecular weight is 312 g/mol. The van der Waals surface area contributed by atoms with Crippen LogP contribution in [-0.4, -0.2) is 64.0 Å².